The van der Waals surface area contributed by atoms with Crippen LogP contribution in [0.2, 0.25) is 0 Å². The fourth-order valence-electron chi connectivity index (χ4n) is 3.77. The first-order valence-electron chi connectivity index (χ1n) is 9.66. The molecule has 0 radical (unpaired) electrons. The molecule has 0 spiro atoms. The van der Waals surface area contributed by atoms with E-state index in [9.17, 15) is 24.6 Å². The highest BCUT2D eigenvalue weighted by molar-refractivity contribution is 5.82. The molecule has 1 aliphatic rings. The molecule has 0 aromatic heterocycles. The van der Waals surface area contributed by atoms with Gasteiger partial charge >= 0.3 is 17.9 Å². The maximum atomic E-state index is 12.8. The number of unbranched alkanes of at least 4 members (excludes halogenated alkanes) is 1. The van der Waals surface area contributed by atoms with Gasteiger partial charge in [0.15, 0.2) is 0 Å². The van der Waals surface area contributed by atoms with Crippen LogP contribution in [-0.2, 0) is 19.1 Å². The predicted octanol–water partition coefficient (Wildman–Crippen LogP) is 4.05. The third kappa shape index (κ3) is 5.55. The molecule has 2 rings (SSSR count). The Morgan fingerprint density at radius 3 is 2.26 bits per heavy atom. The summed E-state index contributed by atoms with van der Waals surface area (Å²) in [5, 5.41) is 19.1. The highest BCUT2D eigenvalue weighted by atomic mass is 16.5. The van der Waals surface area contributed by atoms with E-state index in [1.807, 2.05) is 13.0 Å². The molecule has 0 bridgehead atoms. The van der Waals surface area contributed by atoms with Crippen LogP contribution in [0.4, 0.5) is 0 Å². The Morgan fingerprint density at radius 2 is 1.70 bits per heavy atom. The zero-order chi connectivity index (χ0) is 19.8. The molecule has 0 heterocycles. The van der Waals surface area contributed by atoms with E-state index in [0.29, 0.717) is 31.2 Å². The van der Waals surface area contributed by atoms with E-state index in [4.69, 9.17) is 4.74 Å². The van der Waals surface area contributed by atoms with Crippen LogP contribution < -0.4 is 0 Å². The van der Waals surface area contributed by atoms with Gasteiger partial charge in [-0.05, 0) is 24.8 Å². The van der Waals surface area contributed by atoms with Crippen molar-refractivity contribution in [3.8, 4) is 0 Å². The second kappa shape index (κ2) is 10.1. The van der Waals surface area contributed by atoms with Crippen molar-refractivity contribution in [3.05, 3.63) is 35.9 Å². The van der Waals surface area contributed by atoms with Gasteiger partial charge in [-0.2, -0.15) is 0 Å². The average Bonchev–Trinajstić information content (AvgIpc) is 2.67. The number of benzene rings is 1. The summed E-state index contributed by atoms with van der Waals surface area (Å²) in [5.74, 6) is -4.94. The van der Waals surface area contributed by atoms with Crippen LogP contribution in [0.5, 0.6) is 0 Å². The van der Waals surface area contributed by atoms with Gasteiger partial charge in [0.1, 0.15) is 6.10 Å². The Kier molecular flexibility index (Phi) is 7.82. The fourth-order valence-corrected chi connectivity index (χ4v) is 3.77. The lowest BCUT2D eigenvalue weighted by atomic mass is 9.79. The Labute approximate surface area is 159 Å². The van der Waals surface area contributed by atoms with E-state index in [2.05, 4.69) is 0 Å². The predicted molar refractivity (Wildman–Crippen MR) is 99.0 cm³/mol. The fraction of sp³-hybridized carbons (Fsp3) is 0.571. The van der Waals surface area contributed by atoms with Gasteiger partial charge in [-0.3, -0.25) is 14.4 Å². The van der Waals surface area contributed by atoms with Crippen molar-refractivity contribution < 1.29 is 29.3 Å². The Bertz CT molecular complexity index is 641. The Balaban J connectivity index is 2.26. The second-order valence-electron chi connectivity index (χ2n) is 7.19. The maximum absolute atomic E-state index is 12.8. The highest BCUT2D eigenvalue weighted by Gasteiger charge is 2.40. The molecule has 1 aromatic carbocycles. The number of hydrogen-bond donors (Lipinski definition) is 2. The third-order valence-electron chi connectivity index (χ3n) is 5.31. The summed E-state index contributed by atoms with van der Waals surface area (Å²) in [5.41, 5.74) is 0.622. The molecule has 1 fully saturated rings. The van der Waals surface area contributed by atoms with Crippen molar-refractivity contribution in [2.24, 2.45) is 17.8 Å². The molecular weight excluding hydrogens is 348 g/mol. The summed E-state index contributed by atoms with van der Waals surface area (Å²) in [6, 6.07) is 8.85. The van der Waals surface area contributed by atoms with Gasteiger partial charge in [-0.25, -0.2) is 0 Å². The number of aliphatic carboxylic acids is 2. The van der Waals surface area contributed by atoms with Crippen LogP contribution in [0.3, 0.4) is 0 Å². The number of carboxylic acid groups (broad SMARTS) is 2. The molecule has 0 amide bonds. The van der Waals surface area contributed by atoms with Crippen molar-refractivity contribution in [3.63, 3.8) is 0 Å². The van der Waals surface area contributed by atoms with E-state index < -0.39 is 41.8 Å². The summed E-state index contributed by atoms with van der Waals surface area (Å²) in [6.07, 6.45) is 3.48. The minimum atomic E-state index is -1.01. The van der Waals surface area contributed by atoms with Crippen molar-refractivity contribution in [1.82, 2.24) is 0 Å². The quantitative estimate of drug-likeness (QED) is 0.631. The monoisotopic (exact) mass is 376 g/mol. The number of carboxylic acids is 2. The second-order valence-corrected chi connectivity index (χ2v) is 7.19. The lowest BCUT2D eigenvalue weighted by molar-refractivity contribution is -0.170. The first-order valence-corrected chi connectivity index (χ1v) is 9.66. The van der Waals surface area contributed by atoms with Gasteiger partial charge in [-0.15, -0.1) is 0 Å². The number of carbonyl (C=O) groups excluding carboxylic acids is 1. The van der Waals surface area contributed by atoms with Crippen LogP contribution in [0.15, 0.2) is 30.3 Å². The van der Waals surface area contributed by atoms with E-state index in [-0.39, 0.29) is 0 Å². The lowest BCUT2D eigenvalue weighted by Gasteiger charge is -2.30. The van der Waals surface area contributed by atoms with Crippen molar-refractivity contribution in [2.75, 3.05) is 0 Å². The van der Waals surface area contributed by atoms with Gasteiger partial charge in [0.05, 0.1) is 17.8 Å². The van der Waals surface area contributed by atoms with Crippen LogP contribution >= 0.6 is 0 Å². The van der Waals surface area contributed by atoms with Crippen LogP contribution in [0.1, 0.15) is 63.5 Å². The van der Waals surface area contributed by atoms with Gasteiger partial charge in [0.25, 0.3) is 0 Å². The summed E-state index contributed by atoms with van der Waals surface area (Å²) in [7, 11) is 0. The van der Waals surface area contributed by atoms with E-state index in [1.165, 1.54) is 0 Å². The molecule has 0 saturated heterocycles. The first-order chi connectivity index (χ1) is 13.0. The van der Waals surface area contributed by atoms with E-state index in [0.717, 1.165) is 19.3 Å². The van der Waals surface area contributed by atoms with Crippen LogP contribution in [-0.4, -0.2) is 28.1 Å². The van der Waals surface area contributed by atoms with E-state index in [1.54, 1.807) is 24.3 Å². The number of carbonyl (C=O) groups is 3. The molecule has 27 heavy (non-hydrogen) atoms. The molecular formula is C21H28O6. The molecule has 4 unspecified atom stereocenters. The minimum Gasteiger partial charge on any atom is -0.481 e. The summed E-state index contributed by atoms with van der Waals surface area (Å²) in [4.78, 5) is 36.2. The van der Waals surface area contributed by atoms with Gasteiger partial charge in [0, 0.05) is 0 Å². The van der Waals surface area contributed by atoms with Crippen molar-refractivity contribution in [2.45, 2.75) is 58.0 Å². The average molecular weight is 376 g/mol. The number of esters is 1. The summed E-state index contributed by atoms with van der Waals surface area (Å²) < 4.78 is 5.69. The molecule has 0 aliphatic heterocycles. The number of hydrogen-bond acceptors (Lipinski definition) is 4. The smallest absolute Gasteiger partial charge is 0.310 e. The standard InChI is InChI=1S/C21H28O6/c1-2-3-11-17(20(24)25)18(14-9-5-4-6-10-14)27-21(26)16-13-8-7-12-15(16)19(22)23/h4-6,9-10,15-18H,2-3,7-8,11-13H2,1H3,(H,22,23)(H,24,25). The number of rotatable bonds is 9. The molecule has 6 nitrogen and oxygen atoms in total. The van der Waals surface area contributed by atoms with Gasteiger partial charge < -0.3 is 14.9 Å². The summed E-state index contributed by atoms with van der Waals surface area (Å²) >= 11 is 0. The van der Waals surface area contributed by atoms with Crippen molar-refractivity contribution in [1.29, 1.82) is 0 Å². The maximum Gasteiger partial charge on any atom is 0.310 e. The molecule has 1 aromatic rings. The molecule has 1 aliphatic carbocycles. The van der Waals surface area contributed by atoms with Crippen LogP contribution in [0, 0.1) is 17.8 Å². The van der Waals surface area contributed by atoms with Gasteiger partial charge in [-0.1, -0.05) is 62.9 Å². The first kappa shape index (κ1) is 20.9. The molecule has 1 saturated carbocycles. The number of ether oxygens (including phenoxy) is 1. The Morgan fingerprint density at radius 1 is 1.07 bits per heavy atom. The zero-order valence-electron chi connectivity index (χ0n) is 15.7. The lowest BCUT2D eigenvalue weighted by Crippen LogP contribution is -2.36. The zero-order valence-corrected chi connectivity index (χ0v) is 15.7. The molecule has 2 N–H and O–H groups in total. The Hall–Kier alpha value is -2.37. The SMILES string of the molecule is CCCCC(C(=O)O)C(OC(=O)C1CCCCC1C(=O)O)c1ccccc1. The third-order valence-corrected chi connectivity index (χ3v) is 5.31. The highest BCUT2D eigenvalue weighted by Crippen LogP contribution is 2.36. The molecule has 148 valence electrons. The normalized spacial score (nSPS) is 21.8. The topological polar surface area (TPSA) is 101 Å². The molecule has 6 heteroatoms. The van der Waals surface area contributed by atoms with Crippen molar-refractivity contribution >= 4 is 17.9 Å². The minimum absolute atomic E-state index is 0.395. The van der Waals surface area contributed by atoms with Gasteiger partial charge in [0.2, 0.25) is 0 Å². The van der Waals surface area contributed by atoms with E-state index >= 15 is 0 Å². The molecule has 4 atom stereocenters. The largest absolute Gasteiger partial charge is 0.481 e. The van der Waals surface area contributed by atoms with Crippen LogP contribution in [0.25, 0.3) is 0 Å². The summed E-state index contributed by atoms with van der Waals surface area (Å²) in [6.45, 7) is 1.97.